The molecule has 5 heteroatoms. The second kappa shape index (κ2) is 4.45. The molecular weight excluding hydrogens is 234 g/mol. The Kier molecular flexibility index (Phi) is 3.01. The lowest BCUT2D eigenvalue weighted by molar-refractivity contribution is 0.603. The zero-order valence-corrected chi connectivity index (χ0v) is 8.80. The Bertz CT molecular complexity index is 517. The second-order valence-corrected chi connectivity index (χ2v) is 3.50. The maximum atomic E-state index is 13.3. The highest BCUT2D eigenvalue weighted by molar-refractivity contribution is 6.29. The van der Waals surface area contributed by atoms with E-state index in [2.05, 4.69) is 10.3 Å². The van der Waals surface area contributed by atoms with Gasteiger partial charge in [0, 0.05) is 18.0 Å². The summed E-state index contributed by atoms with van der Waals surface area (Å²) in [5, 5.41) is 2.99. The molecule has 2 nitrogen and oxygen atoms in total. The summed E-state index contributed by atoms with van der Waals surface area (Å²) in [7, 11) is 0. The average Bonchev–Trinajstić information content (AvgIpc) is 2.24. The lowest BCUT2D eigenvalue weighted by atomic mass is 10.3. The van der Waals surface area contributed by atoms with Crippen LogP contribution in [0.2, 0.25) is 5.15 Å². The minimum atomic E-state index is -0.533. The van der Waals surface area contributed by atoms with Crippen molar-refractivity contribution in [3.05, 3.63) is 53.3 Å². The zero-order valence-electron chi connectivity index (χ0n) is 8.05. The second-order valence-electron chi connectivity index (χ2n) is 3.12. The predicted molar refractivity (Wildman–Crippen MR) is 58.9 cm³/mol. The summed E-state index contributed by atoms with van der Waals surface area (Å²) in [6.45, 7) is 0. The van der Waals surface area contributed by atoms with Gasteiger partial charge in [-0.1, -0.05) is 11.6 Å². The molecule has 0 fully saturated rings. The van der Waals surface area contributed by atoms with Crippen LogP contribution in [0.15, 0.2) is 36.5 Å². The summed E-state index contributed by atoms with van der Waals surface area (Å²) < 4.78 is 26.2. The molecule has 2 aromatic rings. The van der Waals surface area contributed by atoms with Gasteiger partial charge in [-0.25, -0.2) is 13.8 Å². The Morgan fingerprint density at radius 2 is 1.94 bits per heavy atom. The van der Waals surface area contributed by atoms with Crippen molar-refractivity contribution in [3.8, 4) is 0 Å². The number of rotatable bonds is 2. The summed E-state index contributed by atoms with van der Waals surface area (Å²) in [6, 6.07) is 6.31. The van der Waals surface area contributed by atoms with Crippen molar-refractivity contribution in [2.45, 2.75) is 0 Å². The molecule has 0 saturated carbocycles. The smallest absolute Gasteiger partial charge is 0.146 e. The predicted octanol–water partition coefficient (Wildman–Crippen LogP) is 3.76. The number of aromatic nitrogens is 1. The van der Waals surface area contributed by atoms with Crippen LogP contribution in [0.3, 0.4) is 0 Å². The van der Waals surface area contributed by atoms with E-state index in [1.54, 1.807) is 6.07 Å². The van der Waals surface area contributed by atoms with Crippen molar-refractivity contribution in [1.29, 1.82) is 0 Å². The third-order valence-corrected chi connectivity index (χ3v) is 2.14. The third kappa shape index (κ3) is 2.46. The van der Waals surface area contributed by atoms with Crippen molar-refractivity contribution in [2.75, 3.05) is 5.32 Å². The van der Waals surface area contributed by atoms with Crippen LogP contribution in [0.1, 0.15) is 0 Å². The van der Waals surface area contributed by atoms with Crippen LogP contribution >= 0.6 is 11.6 Å². The van der Waals surface area contributed by atoms with Crippen LogP contribution < -0.4 is 5.32 Å². The summed E-state index contributed by atoms with van der Waals surface area (Å²) in [6.07, 6.45) is 1.47. The molecule has 82 valence electrons. The Hall–Kier alpha value is -1.68. The Morgan fingerprint density at radius 3 is 2.69 bits per heavy atom. The van der Waals surface area contributed by atoms with Gasteiger partial charge in [-0.05, 0) is 24.3 Å². The van der Waals surface area contributed by atoms with Gasteiger partial charge in [0.2, 0.25) is 0 Å². The number of benzene rings is 1. The van der Waals surface area contributed by atoms with E-state index < -0.39 is 11.6 Å². The maximum absolute atomic E-state index is 13.3. The van der Waals surface area contributed by atoms with Gasteiger partial charge in [0.25, 0.3) is 0 Å². The highest BCUT2D eigenvalue weighted by atomic mass is 35.5. The number of nitrogens with zero attached hydrogens (tertiary/aromatic N) is 1. The van der Waals surface area contributed by atoms with E-state index in [4.69, 9.17) is 11.6 Å². The molecular formula is C11H7ClF2N2. The number of hydrogen-bond acceptors (Lipinski definition) is 2. The number of anilines is 2. The van der Waals surface area contributed by atoms with E-state index in [0.717, 1.165) is 18.2 Å². The largest absolute Gasteiger partial charge is 0.353 e. The molecule has 1 N–H and O–H groups in total. The first-order valence-electron chi connectivity index (χ1n) is 4.49. The first-order valence-corrected chi connectivity index (χ1v) is 4.86. The van der Waals surface area contributed by atoms with Gasteiger partial charge in [0.15, 0.2) is 0 Å². The minimum Gasteiger partial charge on any atom is -0.353 e. The normalized spacial score (nSPS) is 10.2. The molecule has 1 aromatic heterocycles. The van der Waals surface area contributed by atoms with Gasteiger partial charge >= 0.3 is 0 Å². The fraction of sp³-hybridized carbons (Fsp3) is 0. The van der Waals surface area contributed by atoms with E-state index in [9.17, 15) is 8.78 Å². The van der Waals surface area contributed by atoms with E-state index >= 15 is 0 Å². The molecule has 0 radical (unpaired) electrons. The van der Waals surface area contributed by atoms with Crippen LogP contribution in [-0.2, 0) is 0 Å². The zero-order chi connectivity index (χ0) is 11.5. The number of hydrogen-bond donors (Lipinski definition) is 1. The molecule has 0 bridgehead atoms. The highest BCUT2D eigenvalue weighted by Crippen LogP contribution is 2.21. The summed E-state index contributed by atoms with van der Waals surface area (Å²) in [4.78, 5) is 3.78. The van der Waals surface area contributed by atoms with Gasteiger partial charge in [0.1, 0.15) is 16.8 Å². The molecule has 0 spiro atoms. The van der Waals surface area contributed by atoms with E-state index in [-0.39, 0.29) is 10.8 Å². The summed E-state index contributed by atoms with van der Waals surface area (Å²) in [5.41, 5.74) is 0.603. The molecule has 0 atom stereocenters. The Morgan fingerprint density at radius 1 is 1.12 bits per heavy atom. The SMILES string of the molecule is Fc1ccc(F)c(Nc2ccnc(Cl)c2)c1. The lowest BCUT2D eigenvalue weighted by Crippen LogP contribution is -1.94. The van der Waals surface area contributed by atoms with Crippen molar-refractivity contribution in [3.63, 3.8) is 0 Å². The topological polar surface area (TPSA) is 24.9 Å². The van der Waals surface area contributed by atoms with Gasteiger partial charge in [0.05, 0.1) is 5.69 Å². The van der Waals surface area contributed by atoms with Gasteiger partial charge in [-0.3, -0.25) is 0 Å². The molecule has 0 aliphatic rings. The fourth-order valence-corrected chi connectivity index (χ4v) is 1.40. The first-order chi connectivity index (χ1) is 7.65. The van der Waals surface area contributed by atoms with Gasteiger partial charge in [-0.15, -0.1) is 0 Å². The molecule has 0 aliphatic heterocycles. The van der Waals surface area contributed by atoms with Crippen LogP contribution in [0.5, 0.6) is 0 Å². The molecule has 1 aromatic carbocycles. The minimum absolute atomic E-state index is 0.0577. The van der Waals surface area contributed by atoms with Crippen LogP contribution in [-0.4, -0.2) is 4.98 Å². The van der Waals surface area contributed by atoms with Crippen molar-refractivity contribution in [1.82, 2.24) is 4.98 Å². The fourth-order valence-electron chi connectivity index (χ4n) is 1.23. The van der Waals surface area contributed by atoms with Crippen molar-refractivity contribution < 1.29 is 8.78 Å². The molecule has 0 saturated heterocycles. The molecule has 0 aliphatic carbocycles. The Balaban J connectivity index is 2.30. The summed E-state index contributed by atoms with van der Waals surface area (Å²) >= 11 is 5.66. The monoisotopic (exact) mass is 240 g/mol. The average molecular weight is 241 g/mol. The third-order valence-electron chi connectivity index (χ3n) is 1.93. The number of nitrogens with one attached hydrogen (secondary N) is 1. The highest BCUT2D eigenvalue weighted by Gasteiger charge is 2.04. The standard InChI is InChI=1S/C11H7ClF2N2/c12-11-6-8(3-4-15-11)16-10-5-7(13)1-2-9(10)14/h1-6H,(H,15,16). The Labute approximate surface area is 95.9 Å². The van der Waals surface area contributed by atoms with Crippen LogP contribution in [0.25, 0.3) is 0 Å². The first kappa shape index (κ1) is 10.8. The van der Waals surface area contributed by atoms with Crippen LogP contribution in [0, 0.1) is 11.6 Å². The quantitative estimate of drug-likeness (QED) is 0.809. The molecule has 16 heavy (non-hydrogen) atoms. The van der Waals surface area contributed by atoms with E-state index in [0.29, 0.717) is 5.69 Å². The number of halogens is 3. The van der Waals surface area contributed by atoms with E-state index in [1.165, 1.54) is 12.3 Å². The molecule has 1 heterocycles. The maximum Gasteiger partial charge on any atom is 0.146 e. The lowest BCUT2D eigenvalue weighted by Gasteiger charge is -2.07. The number of pyridine rings is 1. The summed E-state index contributed by atoms with van der Waals surface area (Å²) in [5.74, 6) is -1.04. The van der Waals surface area contributed by atoms with Crippen molar-refractivity contribution >= 4 is 23.0 Å². The molecule has 2 rings (SSSR count). The van der Waals surface area contributed by atoms with Crippen LogP contribution in [0.4, 0.5) is 20.2 Å². The van der Waals surface area contributed by atoms with Gasteiger partial charge in [-0.2, -0.15) is 0 Å². The molecule has 0 unspecified atom stereocenters. The van der Waals surface area contributed by atoms with Gasteiger partial charge < -0.3 is 5.32 Å². The van der Waals surface area contributed by atoms with E-state index in [1.807, 2.05) is 0 Å². The molecule has 0 amide bonds. The van der Waals surface area contributed by atoms with Crippen molar-refractivity contribution in [2.24, 2.45) is 0 Å².